The summed E-state index contributed by atoms with van der Waals surface area (Å²) in [5.74, 6) is -1.70. The molecule has 0 fully saturated rings. The number of thioether (sulfide) groups is 1. The van der Waals surface area contributed by atoms with Gasteiger partial charge in [-0.15, -0.1) is 0 Å². The SMILES string of the molecule is COc1ccc(C)cc1NC1=C(Sc2ccc(NC(=O)c3ccc([N+](=O)[O-])cc3)cc2)C(=O)N(c2ccc(F)cc2)C1=O. The van der Waals surface area contributed by atoms with Crippen LogP contribution in [0.3, 0.4) is 0 Å². The molecule has 0 saturated carbocycles. The molecule has 0 atom stereocenters. The molecule has 0 aliphatic carbocycles. The summed E-state index contributed by atoms with van der Waals surface area (Å²) in [6.45, 7) is 1.88. The number of nitrogens with zero attached hydrogens (tertiary/aromatic N) is 2. The van der Waals surface area contributed by atoms with Crippen LogP contribution in [0.5, 0.6) is 5.75 Å². The number of methoxy groups -OCH3 is 1. The van der Waals surface area contributed by atoms with Gasteiger partial charge >= 0.3 is 0 Å². The third-order valence-corrected chi connectivity index (χ3v) is 7.50. The fourth-order valence-corrected chi connectivity index (χ4v) is 5.18. The van der Waals surface area contributed by atoms with E-state index in [2.05, 4.69) is 10.6 Å². The summed E-state index contributed by atoms with van der Waals surface area (Å²) in [4.78, 5) is 51.8. The number of nitro groups is 1. The van der Waals surface area contributed by atoms with E-state index in [-0.39, 0.29) is 27.5 Å². The summed E-state index contributed by atoms with van der Waals surface area (Å²) in [6, 6.07) is 22.2. The molecule has 1 heterocycles. The zero-order valence-electron chi connectivity index (χ0n) is 22.8. The minimum absolute atomic E-state index is 0.0266. The number of imide groups is 1. The first-order valence-corrected chi connectivity index (χ1v) is 13.6. The highest BCUT2D eigenvalue weighted by atomic mass is 32.2. The van der Waals surface area contributed by atoms with Crippen LogP contribution >= 0.6 is 11.8 Å². The van der Waals surface area contributed by atoms with E-state index in [4.69, 9.17) is 4.74 Å². The first-order valence-electron chi connectivity index (χ1n) is 12.8. The summed E-state index contributed by atoms with van der Waals surface area (Å²) in [7, 11) is 1.49. The average Bonchev–Trinajstić information content (AvgIpc) is 3.22. The summed E-state index contributed by atoms with van der Waals surface area (Å²) in [5.41, 5.74) is 2.20. The number of rotatable bonds is 9. The number of nitrogens with one attached hydrogen (secondary N) is 2. The van der Waals surface area contributed by atoms with Crippen LogP contribution in [0.1, 0.15) is 15.9 Å². The van der Waals surface area contributed by atoms with Crippen molar-refractivity contribution in [3.05, 3.63) is 129 Å². The molecule has 1 aliphatic rings. The molecule has 43 heavy (non-hydrogen) atoms. The predicted octanol–water partition coefficient (Wildman–Crippen LogP) is 6.29. The van der Waals surface area contributed by atoms with Crippen LogP contribution in [0.25, 0.3) is 0 Å². The largest absolute Gasteiger partial charge is 0.495 e. The lowest BCUT2D eigenvalue weighted by Gasteiger charge is -2.16. The first-order chi connectivity index (χ1) is 20.6. The molecule has 3 amide bonds. The second-order valence-corrected chi connectivity index (χ2v) is 10.4. The summed E-state index contributed by atoms with van der Waals surface area (Å²) >= 11 is 1.05. The van der Waals surface area contributed by atoms with Gasteiger partial charge in [-0.1, -0.05) is 17.8 Å². The van der Waals surface area contributed by atoms with Crippen molar-refractivity contribution >= 4 is 52.2 Å². The van der Waals surface area contributed by atoms with Crippen molar-refractivity contribution in [1.29, 1.82) is 0 Å². The highest BCUT2D eigenvalue weighted by Crippen LogP contribution is 2.39. The molecule has 1 aliphatic heterocycles. The second-order valence-electron chi connectivity index (χ2n) is 9.34. The Bertz CT molecular complexity index is 1770. The van der Waals surface area contributed by atoms with Gasteiger partial charge in [-0.3, -0.25) is 24.5 Å². The number of carbonyl (C=O) groups excluding carboxylic acids is 3. The third-order valence-electron chi connectivity index (χ3n) is 6.41. The number of ether oxygens (including phenoxy) is 1. The standard InChI is InChI=1S/C31H23FN4O6S/c1-18-3-16-26(42-2)25(17-18)34-27-28(31(39)35(30(27)38)22-12-6-20(32)7-13-22)43-24-14-8-21(9-15-24)33-29(37)19-4-10-23(11-5-19)36(40)41/h3-17,34H,1-2H3,(H,33,37). The van der Waals surface area contributed by atoms with Crippen LogP contribution in [-0.2, 0) is 9.59 Å². The molecule has 2 N–H and O–H groups in total. The zero-order chi connectivity index (χ0) is 30.7. The lowest BCUT2D eigenvalue weighted by molar-refractivity contribution is -0.384. The van der Waals surface area contributed by atoms with Crippen LogP contribution in [0.4, 0.5) is 27.1 Å². The molecule has 0 saturated heterocycles. The molecule has 12 heteroatoms. The Kier molecular flexibility index (Phi) is 8.21. The fourth-order valence-electron chi connectivity index (χ4n) is 4.26. The van der Waals surface area contributed by atoms with Crippen molar-refractivity contribution < 1.29 is 28.4 Å². The molecule has 216 valence electrons. The number of benzene rings is 4. The van der Waals surface area contributed by atoms with Gasteiger partial charge in [0.2, 0.25) is 0 Å². The molecule has 5 rings (SSSR count). The number of amides is 3. The third kappa shape index (κ3) is 6.23. The number of anilines is 3. The zero-order valence-corrected chi connectivity index (χ0v) is 23.6. The van der Waals surface area contributed by atoms with Gasteiger partial charge in [0.15, 0.2) is 0 Å². The van der Waals surface area contributed by atoms with Crippen molar-refractivity contribution in [2.75, 3.05) is 22.6 Å². The van der Waals surface area contributed by atoms with E-state index in [0.29, 0.717) is 22.0 Å². The number of non-ortho nitro benzene ring substituents is 1. The van der Waals surface area contributed by atoms with Gasteiger partial charge in [0, 0.05) is 28.3 Å². The summed E-state index contributed by atoms with van der Waals surface area (Å²) < 4.78 is 19.0. The van der Waals surface area contributed by atoms with Gasteiger partial charge in [0.25, 0.3) is 23.4 Å². The molecular formula is C31H23FN4O6S. The van der Waals surface area contributed by atoms with Crippen molar-refractivity contribution in [2.24, 2.45) is 0 Å². The van der Waals surface area contributed by atoms with E-state index in [1.807, 2.05) is 13.0 Å². The lowest BCUT2D eigenvalue weighted by atomic mass is 10.2. The Hall–Kier alpha value is -5.49. The lowest BCUT2D eigenvalue weighted by Crippen LogP contribution is -2.32. The van der Waals surface area contributed by atoms with Gasteiger partial charge in [-0.05, 0) is 85.3 Å². The van der Waals surface area contributed by atoms with Crippen LogP contribution in [0.15, 0.2) is 106 Å². The maximum atomic E-state index is 13.6. The first kappa shape index (κ1) is 29.0. The van der Waals surface area contributed by atoms with Gasteiger partial charge in [0.1, 0.15) is 22.2 Å². The number of aryl methyl sites for hydroxylation is 1. The van der Waals surface area contributed by atoms with Gasteiger partial charge in [0.05, 0.1) is 23.4 Å². The average molecular weight is 599 g/mol. The van der Waals surface area contributed by atoms with Crippen LogP contribution in [-0.4, -0.2) is 29.8 Å². The molecule has 4 aromatic carbocycles. The van der Waals surface area contributed by atoms with Gasteiger partial charge in [-0.25, -0.2) is 9.29 Å². The van der Waals surface area contributed by atoms with Gasteiger partial charge in [-0.2, -0.15) is 0 Å². The Balaban J connectivity index is 1.41. The molecule has 0 aromatic heterocycles. The molecule has 0 bridgehead atoms. The molecular weight excluding hydrogens is 575 g/mol. The van der Waals surface area contributed by atoms with Crippen LogP contribution in [0, 0.1) is 22.9 Å². The number of hydrogen-bond donors (Lipinski definition) is 2. The fraction of sp³-hybridized carbons (Fsp3) is 0.0645. The highest BCUT2D eigenvalue weighted by molar-refractivity contribution is 8.04. The molecule has 0 radical (unpaired) electrons. The molecule has 0 unspecified atom stereocenters. The minimum Gasteiger partial charge on any atom is -0.495 e. The monoisotopic (exact) mass is 598 g/mol. The quantitative estimate of drug-likeness (QED) is 0.131. The van der Waals surface area contributed by atoms with Crippen LogP contribution in [0.2, 0.25) is 0 Å². The molecule has 0 spiro atoms. The minimum atomic E-state index is -0.616. The molecule has 4 aromatic rings. The Morgan fingerprint density at radius 2 is 1.60 bits per heavy atom. The number of hydrogen-bond acceptors (Lipinski definition) is 8. The Morgan fingerprint density at radius 1 is 0.930 bits per heavy atom. The van der Waals surface area contributed by atoms with E-state index in [1.54, 1.807) is 36.4 Å². The van der Waals surface area contributed by atoms with E-state index in [0.717, 1.165) is 22.2 Å². The van der Waals surface area contributed by atoms with Gasteiger partial charge < -0.3 is 15.4 Å². The smallest absolute Gasteiger partial charge is 0.283 e. The maximum absolute atomic E-state index is 13.6. The second kappa shape index (κ2) is 12.2. The summed E-state index contributed by atoms with van der Waals surface area (Å²) in [6.07, 6.45) is 0. The molecule has 10 nitrogen and oxygen atoms in total. The number of carbonyl (C=O) groups is 3. The predicted molar refractivity (Wildman–Crippen MR) is 161 cm³/mol. The maximum Gasteiger partial charge on any atom is 0.283 e. The van der Waals surface area contributed by atoms with Crippen LogP contribution < -0.4 is 20.3 Å². The number of halogens is 1. The van der Waals surface area contributed by atoms with E-state index in [1.165, 1.54) is 55.6 Å². The van der Waals surface area contributed by atoms with Crippen molar-refractivity contribution in [2.45, 2.75) is 11.8 Å². The normalized spacial score (nSPS) is 12.9. The Morgan fingerprint density at radius 3 is 2.23 bits per heavy atom. The summed E-state index contributed by atoms with van der Waals surface area (Å²) in [5, 5.41) is 16.7. The van der Waals surface area contributed by atoms with Crippen molar-refractivity contribution in [3.63, 3.8) is 0 Å². The van der Waals surface area contributed by atoms with Crippen molar-refractivity contribution in [3.8, 4) is 5.75 Å². The topological polar surface area (TPSA) is 131 Å². The highest BCUT2D eigenvalue weighted by Gasteiger charge is 2.40. The number of nitro benzene ring substituents is 1. The van der Waals surface area contributed by atoms with E-state index < -0.39 is 28.5 Å². The Labute approximate surface area is 249 Å². The van der Waals surface area contributed by atoms with Crippen molar-refractivity contribution in [1.82, 2.24) is 0 Å². The van der Waals surface area contributed by atoms with E-state index >= 15 is 0 Å². The van der Waals surface area contributed by atoms with E-state index in [9.17, 15) is 28.9 Å².